The number of hydrogen-bond acceptors (Lipinski definition) is 2. The maximum atomic E-state index is 13.7. The van der Waals surface area contributed by atoms with Crippen LogP contribution in [0.2, 0.25) is 0 Å². The van der Waals surface area contributed by atoms with Crippen LogP contribution in [0.4, 0.5) is 0 Å². The molecule has 0 radical (unpaired) electrons. The predicted octanol–water partition coefficient (Wildman–Crippen LogP) is 5.15. The van der Waals surface area contributed by atoms with Crippen molar-refractivity contribution >= 4 is 9.93 Å². The summed E-state index contributed by atoms with van der Waals surface area (Å²) >= 11 is 0. The van der Waals surface area contributed by atoms with Crippen LogP contribution in [0.25, 0.3) is 0 Å². The van der Waals surface area contributed by atoms with Gasteiger partial charge in [0.25, 0.3) is 0 Å². The molecule has 0 spiro atoms. The molecule has 0 aliphatic rings. The molecule has 0 fully saturated rings. The molecule has 0 aliphatic carbocycles. The highest BCUT2D eigenvalue weighted by atomic mass is 32.2. The lowest BCUT2D eigenvalue weighted by molar-refractivity contribution is 0.340. The van der Waals surface area contributed by atoms with Gasteiger partial charge < -0.3 is 4.74 Å². The molecule has 1 unspecified atom stereocenters. The van der Waals surface area contributed by atoms with Gasteiger partial charge >= 0.3 is 0 Å². The highest BCUT2D eigenvalue weighted by Crippen LogP contribution is 2.25. The zero-order chi connectivity index (χ0) is 18.2. The van der Waals surface area contributed by atoms with Crippen molar-refractivity contribution in [3.05, 3.63) is 96.1 Å². The monoisotopic (exact) mass is 361 g/mol. The topological polar surface area (TPSA) is 26.3 Å². The molecule has 0 N–H and O–H groups in total. The first-order valence-corrected chi connectivity index (χ1v) is 10.3. The van der Waals surface area contributed by atoms with E-state index in [0.717, 1.165) is 21.8 Å². The van der Waals surface area contributed by atoms with Gasteiger partial charge in [0.05, 0.1) is 6.61 Å². The maximum absolute atomic E-state index is 13.7. The molecule has 2 nitrogen and oxygen atoms in total. The van der Waals surface area contributed by atoms with Crippen LogP contribution in [0.5, 0.6) is 5.75 Å². The van der Waals surface area contributed by atoms with Crippen LogP contribution in [-0.2, 0) is 19.9 Å². The van der Waals surface area contributed by atoms with Gasteiger partial charge in [0, 0.05) is 11.1 Å². The minimum Gasteiger partial charge on any atom is -0.494 e. The van der Waals surface area contributed by atoms with Crippen molar-refractivity contribution in [2.24, 2.45) is 0 Å². The molecule has 0 saturated carbocycles. The van der Waals surface area contributed by atoms with Gasteiger partial charge in [-0.1, -0.05) is 52.7 Å². The van der Waals surface area contributed by atoms with Crippen LogP contribution < -0.4 is 4.74 Å². The minimum absolute atomic E-state index is 0.378. The Bertz CT molecular complexity index is 936. The van der Waals surface area contributed by atoms with E-state index >= 15 is 0 Å². The van der Waals surface area contributed by atoms with Gasteiger partial charge in [0.15, 0.2) is 25.8 Å². The zero-order valence-electron chi connectivity index (χ0n) is 14.7. The van der Waals surface area contributed by atoms with Crippen molar-refractivity contribution in [3.8, 4) is 16.9 Å². The molecule has 3 aromatic rings. The summed E-state index contributed by atoms with van der Waals surface area (Å²) in [4.78, 5) is 0.761. The molecule has 0 aliphatic heterocycles. The Balaban J connectivity index is 1.94. The molecule has 3 heteroatoms. The first-order chi connectivity index (χ1) is 12.7. The summed E-state index contributed by atoms with van der Waals surface area (Å²) in [5.74, 6) is 4.28. The van der Waals surface area contributed by atoms with Crippen LogP contribution >= 0.6 is 0 Å². The van der Waals surface area contributed by atoms with Gasteiger partial charge in [0.2, 0.25) is 0 Å². The van der Waals surface area contributed by atoms with Gasteiger partial charge in [-0.15, -0.1) is 0 Å². The quantitative estimate of drug-likeness (QED) is 0.464. The second kappa shape index (κ2) is 8.51. The van der Waals surface area contributed by atoms with Gasteiger partial charge in [-0.3, -0.25) is 0 Å². The molecule has 0 heterocycles. The zero-order valence-corrected chi connectivity index (χ0v) is 15.5. The Morgan fingerprint density at radius 3 is 2.08 bits per heavy atom. The van der Waals surface area contributed by atoms with E-state index in [9.17, 15) is 4.21 Å². The van der Waals surface area contributed by atoms with Crippen molar-refractivity contribution in [2.75, 3.05) is 6.61 Å². The molecule has 26 heavy (non-hydrogen) atoms. The standard InChI is InChI=1S/C23H21O2S/c1-2-25-22-15-13-21(14-16-22)19-26(24,23-11-7-4-8-12-23)18-17-20-9-5-3-6-10-20/h3-16H,2,19H2,1H3/q+1. The Kier molecular flexibility index (Phi) is 5.88. The smallest absolute Gasteiger partial charge is 0.197 e. The Morgan fingerprint density at radius 1 is 0.846 bits per heavy atom. The van der Waals surface area contributed by atoms with Gasteiger partial charge in [-0.2, -0.15) is 0 Å². The average molecular weight is 361 g/mol. The summed E-state index contributed by atoms with van der Waals surface area (Å²) in [5.41, 5.74) is 1.84. The van der Waals surface area contributed by atoms with Crippen molar-refractivity contribution in [3.63, 3.8) is 0 Å². The number of rotatable bonds is 5. The number of ether oxygens (including phenoxy) is 1. The van der Waals surface area contributed by atoms with E-state index in [2.05, 4.69) is 11.2 Å². The summed E-state index contributed by atoms with van der Waals surface area (Å²) in [5, 5.41) is 3.06. The van der Waals surface area contributed by atoms with Crippen LogP contribution in [0.3, 0.4) is 0 Å². The molecule has 0 bridgehead atoms. The lowest BCUT2D eigenvalue weighted by atomic mass is 10.2. The molecule has 130 valence electrons. The van der Waals surface area contributed by atoms with Gasteiger partial charge in [-0.05, 0) is 49.2 Å². The third-order valence-corrected chi connectivity index (χ3v) is 6.07. The molecule has 3 rings (SSSR count). The summed E-state index contributed by atoms with van der Waals surface area (Å²) in [6, 6.07) is 26.9. The highest BCUT2D eigenvalue weighted by molar-refractivity contribution is 8.06. The van der Waals surface area contributed by atoms with Crippen LogP contribution in [0, 0.1) is 11.2 Å². The largest absolute Gasteiger partial charge is 0.494 e. The number of hydrogen-bond donors (Lipinski definition) is 0. The second-order valence-electron chi connectivity index (χ2n) is 5.80. The summed E-state index contributed by atoms with van der Waals surface area (Å²) in [6.45, 7) is 2.58. The molecule has 3 aromatic carbocycles. The fourth-order valence-corrected chi connectivity index (χ4v) is 4.46. The summed E-state index contributed by atoms with van der Waals surface area (Å²) in [6.07, 6.45) is 0. The Morgan fingerprint density at radius 2 is 1.46 bits per heavy atom. The maximum Gasteiger partial charge on any atom is 0.197 e. The van der Waals surface area contributed by atoms with Crippen molar-refractivity contribution in [1.82, 2.24) is 0 Å². The SMILES string of the molecule is CCOc1ccc(C[S+](=O)(C#Cc2ccccc2)c2ccccc2)cc1. The Hall–Kier alpha value is -2.83. The molecule has 0 aromatic heterocycles. The van der Waals surface area contributed by atoms with Gasteiger partial charge in [-0.25, -0.2) is 0 Å². The fraction of sp³-hybridized carbons (Fsp3) is 0.130. The van der Waals surface area contributed by atoms with E-state index < -0.39 is 9.93 Å². The summed E-state index contributed by atoms with van der Waals surface area (Å²) < 4.78 is 19.2. The summed E-state index contributed by atoms with van der Waals surface area (Å²) in [7, 11) is -2.55. The van der Waals surface area contributed by atoms with Crippen LogP contribution in [0.15, 0.2) is 89.8 Å². The highest BCUT2D eigenvalue weighted by Gasteiger charge is 2.30. The van der Waals surface area contributed by atoms with E-state index in [-0.39, 0.29) is 0 Å². The van der Waals surface area contributed by atoms with E-state index in [0.29, 0.717) is 12.4 Å². The van der Waals surface area contributed by atoms with E-state index in [1.54, 1.807) is 0 Å². The van der Waals surface area contributed by atoms with Crippen molar-refractivity contribution in [1.29, 1.82) is 0 Å². The third-order valence-electron chi connectivity index (χ3n) is 3.86. The average Bonchev–Trinajstić information content (AvgIpc) is 2.70. The van der Waals surface area contributed by atoms with E-state index in [1.165, 1.54) is 0 Å². The first-order valence-electron chi connectivity index (χ1n) is 8.56. The van der Waals surface area contributed by atoms with Gasteiger partial charge in [0.1, 0.15) is 5.75 Å². The molecule has 0 saturated heterocycles. The van der Waals surface area contributed by atoms with Crippen molar-refractivity contribution < 1.29 is 8.95 Å². The number of benzene rings is 3. The molecule has 1 atom stereocenters. The lowest BCUT2D eigenvalue weighted by Gasteiger charge is -2.07. The molecular formula is C23H21O2S+. The molecular weight excluding hydrogens is 340 g/mol. The minimum atomic E-state index is -2.55. The lowest BCUT2D eigenvalue weighted by Crippen LogP contribution is -2.12. The van der Waals surface area contributed by atoms with Crippen molar-refractivity contribution in [2.45, 2.75) is 17.6 Å². The fourth-order valence-electron chi connectivity index (χ4n) is 2.56. The molecule has 0 amide bonds. The third kappa shape index (κ3) is 4.62. The van der Waals surface area contributed by atoms with Crippen LogP contribution in [0.1, 0.15) is 18.1 Å². The predicted molar refractivity (Wildman–Crippen MR) is 107 cm³/mol. The second-order valence-corrected chi connectivity index (χ2v) is 8.12. The normalized spacial score (nSPS) is 12.5. The van der Waals surface area contributed by atoms with Crippen LogP contribution in [-0.4, -0.2) is 6.61 Å². The Labute approximate surface area is 156 Å². The van der Waals surface area contributed by atoms with E-state index in [4.69, 9.17) is 4.74 Å². The van der Waals surface area contributed by atoms with E-state index in [1.807, 2.05) is 91.9 Å². The first kappa shape index (κ1) is 18.0.